The molecule has 0 aliphatic rings. The number of phenolic OH excluding ortho intramolecular Hbond substituents is 2. The molecule has 0 aromatic heterocycles. The van der Waals surface area contributed by atoms with E-state index in [1.165, 1.54) is 5.56 Å². The van der Waals surface area contributed by atoms with Crippen LogP contribution in [0.1, 0.15) is 22.3 Å². The Balaban J connectivity index is 0.00000225. The molecule has 3 aromatic rings. The normalized spacial score (nSPS) is 11.0. The first-order chi connectivity index (χ1) is 11.4. The van der Waals surface area contributed by atoms with Crippen LogP contribution in [-0.4, -0.2) is 10.2 Å². The van der Waals surface area contributed by atoms with Crippen LogP contribution in [0.25, 0.3) is 10.8 Å². The maximum atomic E-state index is 10.6. The van der Waals surface area contributed by atoms with E-state index in [0.717, 1.165) is 27.5 Å². The van der Waals surface area contributed by atoms with E-state index in [1.54, 1.807) is 18.2 Å². The number of fused-ring (bicyclic) bond motifs is 1. The van der Waals surface area contributed by atoms with E-state index in [-0.39, 0.29) is 28.6 Å². The van der Waals surface area contributed by atoms with Crippen LogP contribution in [0.4, 0.5) is 11.4 Å². The number of azo groups is 1. The number of rotatable bonds is 2. The van der Waals surface area contributed by atoms with E-state index in [0.29, 0.717) is 11.4 Å². The van der Waals surface area contributed by atoms with Crippen LogP contribution in [0.5, 0.6) is 11.5 Å². The molecule has 133 valence electrons. The number of hydrogen-bond donors (Lipinski definition) is 2. The van der Waals surface area contributed by atoms with Gasteiger partial charge in [0.1, 0.15) is 17.1 Å². The molecular weight excluding hydrogens is 364 g/mol. The Hall–Kier alpha value is -2.36. The van der Waals surface area contributed by atoms with Gasteiger partial charge in [0.25, 0.3) is 0 Å². The Bertz CT molecular complexity index is 981. The summed E-state index contributed by atoms with van der Waals surface area (Å²) in [7, 11) is 0. The predicted octanol–water partition coefficient (Wildman–Crippen LogP) is 5.90. The average molecular weight is 384 g/mol. The molecule has 0 spiro atoms. The van der Waals surface area contributed by atoms with Crippen molar-refractivity contribution < 1.29 is 27.3 Å². The van der Waals surface area contributed by atoms with E-state index in [9.17, 15) is 10.2 Å². The molecular formula is C20H20CuN2O2. The van der Waals surface area contributed by atoms with Gasteiger partial charge in [-0.2, -0.15) is 0 Å². The summed E-state index contributed by atoms with van der Waals surface area (Å²) in [4.78, 5) is 0. The summed E-state index contributed by atoms with van der Waals surface area (Å²) >= 11 is 0. The van der Waals surface area contributed by atoms with Crippen molar-refractivity contribution in [1.82, 2.24) is 0 Å². The Kier molecular flexibility index (Phi) is 5.51. The molecule has 5 heteroatoms. The number of hydrogen-bond acceptors (Lipinski definition) is 4. The van der Waals surface area contributed by atoms with Gasteiger partial charge >= 0.3 is 0 Å². The quantitative estimate of drug-likeness (QED) is 0.427. The minimum atomic E-state index is 0. The van der Waals surface area contributed by atoms with Crippen LogP contribution in [0.3, 0.4) is 0 Å². The van der Waals surface area contributed by atoms with E-state index in [4.69, 9.17) is 0 Å². The summed E-state index contributed by atoms with van der Waals surface area (Å²) in [6.07, 6.45) is 0. The maximum Gasteiger partial charge on any atom is 0.151 e. The second-order valence-corrected chi connectivity index (χ2v) is 6.19. The molecule has 0 bridgehead atoms. The van der Waals surface area contributed by atoms with Crippen molar-refractivity contribution in [2.75, 3.05) is 0 Å². The minimum Gasteiger partial charge on any atom is -0.506 e. The smallest absolute Gasteiger partial charge is 0.151 e. The van der Waals surface area contributed by atoms with Gasteiger partial charge in [-0.1, -0.05) is 18.2 Å². The van der Waals surface area contributed by atoms with E-state index < -0.39 is 0 Å². The average Bonchev–Trinajstić information content (AvgIpc) is 2.54. The van der Waals surface area contributed by atoms with E-state index in [1.807, 2.05) is 39.0 Å². The second-order valence-electron chi connectivity index (χ2n) is 6.19. The maximum absolute atomic E-state index is 10.6. The third-order valence-electron chi connectivity index (χ3n) is 4.39. The van der Waals surface area contributed by atoms with E-state index >= 15 is 0 Å². The summed E-state index contributed by atoms with van der Waals surface area (Å²) in [5, 5.41) is 30.6. The molecule has 1 radical (unpaired) electrons. The van der Waals surface area contributed by atoms with Gasteiger partial charge < -0.3 is 10.2 Å². The van der Waals surface area contributed by atoms with Crippen molar-refractivity contribution in [3.63, 3.8) is 0 Å². The van der Waals surface area contributed by atoms with Crippen molar-refractivity contribution in [2.45, 2.75) is 27.7 Å². The third kappa shape index (κ3) is 3.53. The molecule has 3 aromatic carbocycles. The van der Waals surface area contributed by atoms with Gasteiger partial charge in [-0.25, -0.2) is 0 Å². The summed E-state index contributed by atoms with van der Waals surface area (Å²) < 4.78 is 0. The molecule has 0 amide bonds. The Morgan fingerprint density at radius 2 is 1.48 bits per heavy atom. The van der Waals surface area contributed by atoms with Crippen LogP contribution >= 0.6 is 0 Å². The first kappa shape index (κ1) is 19.0. The fourth-order valence-electron chi connectivity index (χ4n) is 2.77. The third-order valence-corrected chi connectivity index (χ3v) is 4.39. The number of phenols is 2. The number of nitrogens with zero attached hydrogens (tertiary/aromatic N) is 2. The first-order valence-electron chi connectivity index (χ1n) is 7.82. The topological polar surface area (TPSA) is 65.2 Å². The van der Waals surface area contributed by atoms with Crippen molar-refractivity contribution in [2.24, 2.45) is 10.2 Å². The SMILES string of the molecule is Cc1ccc(O)c(N=Nc2c(C)cc3c(C)c(C)ccc3c2O)c1.[Cu]. The Labute approximate surface area is 157 Å². The molecule has 25 heavy (non-hydrogen) atoms. The molecule has 0 saturated carbocycles. The van der Waals surface area contributed by atoms with Gasteiger partial charge in [0.2, 0.25) is 0 Å². The molecule has 0 aliphatic heterocycles. The van der Waals surface area contributed by atoms with Crippen molar-refractivity contribution in [3.05, 3.63) is 58.7 Å². The molecule has 0 saturated heterocycles. The van der Waals surface area contributed by atoms with E-state index in [2.05, 4.69) is 17.2 Å². The van der Waals surface area contributed by atoms with Gasteiger partial charge in [0.15, 0.2) is 5.75 Å². The van der Waals surface area contributed by atoms with Crippen LogP contribution in [0.15, 0.2) is 46.6 Å². The molecule has 4 nitrogen and oxygen atoms in total. The Morgan fingerprint density at radius 3 is 2.20 bits per heavy atom. The zero-order valence-corrected chi connectivity index (χ0v) is 15.5. The molecule has 0 atom stereocenters. The standard InChI is InChI=1S/C20H20N2O2.Cu/c1-11-5-8-18(23)17(9-11)21-22-19-13(3)10-16-14(4)12(2)6-7-15(16)20(19)24;/h5-10,23-24H,1-4H3;. The molecule has 3 rings (SSSR count). The molecule has 0 heterocycles. The summed E-state index contributed by atoms with van der Waals surface area (Å²) in [5.41, 5.74) is 4.95. The summed E-state index contributed by atoms with van der Waals surface area (Å²) in [6, 6.07) is 11.0. The molecule has 0 aliphatic carbocycles. The molecule has 0 fully saturated rings. The first-order valence-corrected chi connectivity index (χ1v) is 7.82. The number of aryl methyl sites for hydroxylation is 4. The van der Waals surface area contributed by atoms with Gasteiger partial charge in [0, 0.05) is 22.5 Å². The predicted molar refractivity (Wildman–Crippen MR) is 96.8 cm³/mol. The van der Waals surface area contributed by atoms with Crippen molar-refractivity contribution in [3.8, 4) is 11.5 Å². The van der Waals surface area contributed by atoms with Gasteiger partial charge in [-0.05, 0) is 73.5 Å². The zero-order valence-electron chi connectivity index (χ0n) is 14.6. The molecule has 2 N–H and O–H groups in total. The fourth-order valence-corrected chi connectivity index (χ4v) is 2.77. The van der Waals surface area contributed by atoms with Crippen molar-refractivity contribution >= 4 is 22.1 Å². The summed E-state index contributed by atoms with van der Waals surface area (Å²) in [6.45, 7) is 7.91. The van der Waals surface area contributed by atoms with Crippen LogP contribution < -0.4 is 0 Å². The fraction of sp³-hybridized carbons (Fsp3) is 0.200. The van der Waals surface area contributed by atoms with Crippen LogP contribution in [-0.2, 0) is 17.1 Å². The monoisotopic (exact) mass is 383 g/mol. The zero-order chi connectivity index (χ0) is 17.4. The van der Waals surface area contributed by atoms with Crippen LogP contribution in [0.2, 0.25) is 0 Å². The Morgan fingerprint density at radius 1 is 0.760 bits per heavy atom. The van der Waals surface area contributed by atoms with Crippen molar-refractivity contribution in [1.29, 1.82) is 0 Å². The van der Waals surface area contributed by atoms with Gasteiger partial charge in [0.05, 0.1) is 0 Å². The second kappa shape index (κ2) is 7.26. The largest absolute Gasteiger partial charge is 0.506 e. The number of aromatic hydroxyl groups is 2. The molecule has 0 unspecified atom stereocenters. The minimum absolute atomic E-state index is 0. The van der Waals surface area contributed by atoms with Crippen LogP contribution in [0, 0.1) is 27.7 Å². The number of benzene rings is 3. The van der Waals surface area contributed by atoms with Gasteiger partial charge in [-0.3, -0.25) is 0 Å². The summed E-state index contributed by atoms with van der Waals surface area (Å²) in [5.74, 6) is 0.178. The van der Waals surface area contributed by atoms with Gasteiger partial charge in [-0.15, -0.1) is 10.2 Å².